The molecule has 7 nitrogen and oxygen atoms in total. The summed E-state index contributed by atoms with van der Waals surface area (Å²) < 4.78 is 11.7. The van der Waals surface area contributed by atoms with Crippen LogP contribution in [0.5, 0.6) is 5.88 Å². The second kappa shape index (κ2) is 7.43. The summed E-state index contributed by atoms with van der Waals surface area (Å²) in [5, 5.41) is 12.7. The molecule has 0 bridgehead atoms. The van der Waals surface area contributed by atoms with E-state index in [0.29, 0.717) is 17.4 Å². The smallest absolute Gasteiger partial charge is 0.405 e. The van der Waals surface area contributed by atoms with Gasteiger partial charge in [0.15, 0.2) is 0 Å². The van der Waals surface area contributed by atoms with E-state index in [9.17, 15) is 9.90 Å². The van der Waals surface area contributed by atoms with Gasteiger partial charge in [-0.15, -0.1) is 0 Å². The lowest BCUT2D eigenvalue weighted by molar-refractivity contribution is 0.144. The van der Waals surface area contributed by atoms with E-state index in [-0.39, 0.29) is 0 Å². The van der Waals surface area contributed by atoms with Crippen LogP contribution < -0.4 is 10.1 Å². The maximum absolute atomic E-state index is 11.3. The van der Waals surface area contributed by atoms with Crippen LogP contribution in [0.15, 0.2) is 65.3 Å². The van der Waals surface area contributed by atoms with Crippen molar-refractivity contribution in [2.75, 3.05) is 7.11 Å². The predicted octanol–water partition coefficient (Wildman–Crippen LogP) is 5.21. The van der Waals surface area contributed by atoms with Crippen LogP contribution in [0.1, 0.15) is 24.8 Å². The molecule has 1 fully saturated rings. The molecule has 5 rings (SSSR count). The third-order valence-electron chi connectivity index (χ3n) is 5.96. The zero-order valence-corrected chi connectivity index (χ0v) is 17.0. The highest BCUT2D eigenvalue weighted by Gasteiger charge is 2.40. The van der Waals surface area contributed by atoms with Crippen LogP contribution in [-0.4, -0.2) is 28.3 Å². The van der Waals surface area contributed by atoms with Crippen molar-refractivity contribution in [3.05, 3.63) is 66.5 Å². The minimum atomic E-state index is -1.00. The standard InChI is InChI=1S/C24H21N3O4/c1-30-21-19-18(15-6-3-2-4-7-15)20(31-22(19)26-14-25-21)16-8-10-17(11-9-16)24(12-5-13-24)27-23(28)29/h2-4,6-11,14,27H,5,12-13H2,1H3,(H,28,29). The number of amides is 1. The van der Waals surface area contributed by atoms with Gasteiger partial charge >= 0.3 is 6.09 Å². The average molecular weight is 415 g/mol. The second-order valence-corrected chi connectivity index (χ2v) is 7.68. The molecule has 2 heterocycles. The van der Waals surface area contributed by atoms with E-state index in [4.69, 9.17) is 9.15 Å². The first-order valence-electron chi connectivity index (χ1n) is 10.1. The quantitative estimate of drug-likeness (QED) is 0.464. The van der Waals surface area contributed by atoms with Crippen molar-refractivity contribution in [1.29, 1.82) is 0 Å². The highest BCUT2D eigenvalue weighted by atomic mass is 16.5. The lowest BCUT2D eigenvalue weighted by atomic mass is 9.72. The molecule has 0 aliphatic heterocycles. The molecule has 1 aliphatic carbocycles. The average Bonchev–Trinajstić information content (AvgIpc) is 3.16. The summed E-state index contributed by atoms with van der Waals surface area (Å²) in [4.78, 5) is 19.8. The molecule has 0 saturated heterocycles. The van der Waals surface area contributed by atoms with Crippen LogP contribution in [0.2, 0.25) is 0 Å². The van der Waals surface area contributed by atoms with Crippen LogP contribution in [0.25, 0.3) is 33.6 Å². The molecule has 2 N–H and O–H groups in total. The van der Waals surface area contributed by atoms with Crippen LogP contribution >= 0.6 is 0 Å². The molecular weight excluding hydrogens is 394 g/mol. The van der Waals surface area contributed by atoms with Crippen LogP contribution in [0, 0.1) is 0 Å². The number of aromatic nitrogens is 2. The van der Waals surface area contributed by atoms with Crippen molar-refractivity contribution in [1.82, 2.24) is 15.3 Å². The number of carbonyl (C=O) groups is 1. The number of ether oxygens (including phenoxy) is 1. The Balaban J connectivity index is 1.65. The summed E-state index contributed by atoms with van der Waals surface area (Å²) in [5.41, 5.74) is 3.61. The first kappa shape index (κ1) is 19.1. The normalized spacial score (nSPS) is 14.7. The highest BCUT2D eigenvalue weighted by molar-refractivity contribution is 6.03. The minimum Gasteiger partial charge on any atom is -0.480 e. The molecule has 0 spiro atoms. The topological polar surface area (TPSA) is 97.5 Å². The van der Waals surface area contributed by atoms with Gasteiger partial charge in [-0.25, -0.2) is 14.8 Å². The van der Waals surface area contributed by atoms with E-state index in [0.717, 1.165) is 46.9 Å². The summed E-state index contributed by atoms with van der Waals surface area (Å²) in [7, 11) is 1.57. The summed E-state index contributed by atoms with van der Waals surface area (Å²) in [6, 6.07) is 17.8. The predicted molar refractivity (Wildman–Crippen MR) is 116 cm³/mol. The molecule has 31 heavy (non-hydrogen) atoms. The fourth-order valence-electron chi connectivity index (χ4n) is 4.31. The van der Waals surface area contributed by atoms with E-state index < -0.39 is 11.6 Å². The van der Waals surface area contributed by atoms with Crippen molar-refractivity contribution < 1.29 is 19.1 Å². The summed E-state index contributed by atoms with van der Waals surface area (Å²) in [6.45, 7) is 0. The minimum absolute atomic E-state index is 0.452. The van der Waals surface area contributed by atoms with Gasteiger partial charge in [-0.3, -0.25) is 0 Å². The number of furan rings is 1. The number of hydrogen-bond donors (Lipinski definition) is 2. The molecule has 0 radical (unpaired) electrons. The number of fused-ring (bicyclic) bond motifs is 1. The van der Waals surface area contributed by atoms with Crippen molar-refractivity contribution in [3.8, 4) is 28.3 Å². The van der Waals surface area contributed by atoms with E-state index in [1.165, 1.54) is 6.33 Å². The molecule has 156 valence electrons. The maximum atomic E-state index is 11.3. The van der Waals surface area contributed by atoms with Crippen molar-refractivity contribution in [2.45, 2.75) is 24.8 Å². The lowest BCUT2D eigenvalue weighted by Crippen LogP contribution is -2.50. The molecule has 0 atom stereocenters. The molecule has 2 aromatic carbocycles. The Labute approximate surface area is 178 Å². The first-order chi connectivity index (χ1) is 15.1. The molecule has 2 aromatic heterocycles. The van der Waals surface area contributed by atoms with E-state index in [1.807, 2.05) is 54.6 Å². The molecule has 1 amide bonds. The number of hydrogen-bond acceptors (Lipinski definition) is 5. The number of rotatable bonds is 5. The van der Waals surface area contributed by atoms with Gasteiger partial charge in [0.25, 0.3) is 0 Å². The molecule has 1 aliphatic rings. The van der Waals surface area contributed by atoms with E-state index in [1.54, 1.807) is 7.11 Å². The van der Waals surface area contributed by atoms with Crippen LogP contribution in [0.4, 0.5) is 4.79 Å². The zero-order chi connectivity index (χ0) is 21.4. The third kappa shape index (κ3) is 3.18. The molecule has 7 heteroatoms. The largest absolute Gasteiger partial charge is 0.480 e. The molecule has 1 saturated carbocycles. The van der Waals surface area contributed by atoms with Crippen LogP contribution in [0.3, 0.4) is 0 Å². The van der Waals surface area contributed by atoms with E-state index >= 15 is 0 Å². The Hall–Kier alpha value is -3.87. The van der Waals surface area contributed by atoms with Gasteiger partial charge in [-0.05, 0) is 30.4 Å². The van der Waals surface area contributed by atoms with Gasteiger partial charge in [-0.2, -0.15) is 0 Å². The number of methoxy groups -OCH3 is 1. The van der Waals surface area contributed by atoms with Crippen molar-refractivity contribution in [2.24, 2.45) is 0 Å². The SMILES string of the molecule is COc1ncnc2oc(-c3ccc(C4(NC(=O)O)CCC4)cc3)c(-c3ccccc3)c12. The fourth-order valence-corrected chi connectivity index (χ4v) is 4.31. The summed E-state index contributed by atoms with van der Waals surface area (Å²) in [6.07, 6.45) is 3.02. The Bertz CT molecular complexity index is 1250. The van der Waals surface area contributed by atoms with E-state index in [2.05, 4.69) is 15.3 Å². The fraction of sp³-hybridized carbons (Fsp3) is 0.208. The van der Waals surface area contributed by atoms with Gasteiger partial charge < -0.3 is 19.6 Å². The number of carboxylic acid groups (broad SMARTS) is 1. The van der Waals surface area contributed by atoms with Crippen molar-refractivity contribution >= 4 is 17.2 Å². The monoisotopic (exact) mass is 415 g/mol. The molecule has 0 unspecified atom stereocenters. The highest BCUT2D eigenvalue weighted by Crippen LogP contribution is 2.45. The zero-order valence-electron chi connectivity index (χ0n) is 17.0. The molecular formula is C24H21N3O4. The van der Waals surface area contributed by atoms with Gasteiger partial charge in [-0.1, -0.05) is 54.6 Å². The Morgan fingerprint density at radius 3 is 2.42 bits per heavy atom. The Morgan fingerprint density at radius 1 is 1.06 bits per heavy atom. The van der Waals surface area contributed by atoms with Gasteiger partial charge in [0.2, 0.25) is 11.6 Å². The number of nitrogens with one attached hydrogen (secondary N) is 1. The third-order valence-corrected chi connectivity index (χ3v) is 5.96. The second-order valence-electron chi connectivity index (χ2n) is 7.68. The van der Waals surface area contributed by atoms with Gasteiger partial charge in [0, 0.05) is 11.1 Å². The lowest BCUT2D eigenvalue weighted by Gasteiger charge is -2.42. The Morgan fingerprint density at radius 2 is 1.81 bits per heavy atom. The number of benzene rings is 2. The van der Waals surface area contributed by atoms with Gasteiger partial charge in [0.1, 0.15) is 17.5 Å². The maximum Gasteiger partial charge on any atom is 0.405 e. The van der Waals surface area contributed by atoms with Gasteiger partial charge in [0.05, 0.1) is 12.6 Å². The summed E-state index contributed by atoms with van der Waals surface area (Å²) >= 11 is 0. The Kier molecular flexibility index (Phi) is 4.58. The molecule has 4 aromatic rings. The van der Waals surface area contributed by atoms with Crippen molar-refractivity contribution in [3.63, 3.8) is 0 Å². The number of nitrogens with zero attached hydrogens (tertiary/aromatic N) is 2. The summed E-state index contributed by atoms with van der Waals surface area (Å²) in [5.74, 6) is 1.12. The van der Waals surface area contributed by atoms with Crippen LogP contribution in [-0.2, 0) is 5.54 Å². The first-order valence-corrected chi connectivity index (χ1v) is 10.1.